The van der Waals surface area contributed by atoms with Gasteiger partial charge < -0.3 is 0 Å². The second-order valence-corrected chi connectivity index (χ2v) is 6.59. The number of fused-ring (bicyclic) bond motifs is 1. The molecular weight excluding hydrogens is 376 g/mol. The van der Waals surface area contributed by atoms with Crippen LogP contribution in [0.2, 0.25) is 5.02 Å². The Morgan fingerprint density at radius 1 is 0.964 bits per heavy atom. The first-order valence-electron chi connectivity index (χ1n) is 8.59. The number of carbonyl (C=O) groups is 1. The fourth-order valence-electron chi connectivity index (χ4n) is 2.91. The van der Waals surface area contributed by atoms with Crippen molar-refractivity contribution in [2.75, 3.05) is 5.43 Å². The van der Waals surface area contributed by atoms with E-state index in [0.717, 1.165) is 10.4 Å². The standard InChI is InChI=1S/C21H15ClN4O2/c22-15-10-8-14(9-11-15)20-17-6-1-2-7-18(17)21(28)26(25-20)24-19(27)13-16-5-3-4-12-23-16/h1-12H,13H2,(H,24,27). The maximum Gasteiger partial charge on any atom is 0.294 e. The van der Waals surface area contributed by atoms with Crippen molar-refractivity contribution in [2.45, 2.75) is 6.42 Å². The van der Waals surface area contributed by atoms with Crippen LogP contribution in [-0.2, 0) is 11.2 Å². The highest BCUT2D eigenvalue weighted by Crippen LogP contribution is 2.25. The minimum atomic E-state index is -0.400. The maximum atomic E-state index is 12.8. The van der Waals surface area contributed by atoms with Crippen molar-refractivity contribution in [3.8, 4) is 11.3 Å². The molecule has 1 N–H and O–H groups in total. The van der Waals surface area contributed by atoms with Crippen LogP contribution in [-0.4, -0.2) is 20.8 Å². The van der Waals surface area contributed by atoms with E-state index in [9.17, 15) is 9.59 Å². The van der Waals surface area contributed by atoms with E-state index in [1.165, 1.54) is 0 Å². The van der Waals surface area contributed by atoms with E-state index in [-0.39, 0.29) is 12.3 Å². The van der Waals surface area contributed by atoms with E-state index in [1.807, 2.05) is 24.3 Å². The Morgan fingerprint density at radius 2 is 1.68 bits per heavy atom. The van der Waals surface area contributed by atoms with E-state index < -0.39 is 5.56 Å². The largest absolute Gasteiger partial charge is 0.294 e. The molecule has 0 bridgehead atoms. The van der Waals surface area contributed by atoms with Crippen molar-refractivity contribution in [1.82, 2.24) is 14.9 Å². The summed E-state index contributed by atoms with van der Waals surface area (Å²) in [5.74, 6) is -0.384. The highest BCUT2D eigenvalue weighted by atomic mass is 35.5. The minimum absolute atomic E-state index is 0.0397. The summed E-state index contributed by atoms with van der Waals surface area (Å²) in [5, 5.41) is 6.15. The lowest BCUT2D eigenvalue weighted by atomic mass is 10.1. The summed E-state index contributed by atoms with van der Waals surface area (Å²) >= 11 is 5.98. The number of aromatic nitrogens is 3. The number of rotatable bonds is 4. The smallest absolute Gasteiger partial charge is 0.273 e. The summed E-state index contributed by atoms with van der Waals surface area (Å²) in [6.07, 6.45) is 1.65. The van der Waals surface area contributed by atoms with Crippen molar-refractivity contribution in [3.05, 3.63) is 94.0 Å². The van der Waals surface area contributed by atoms with Gasteiger partial charge in [-0.25, -0.2) is 5.43 Å². The molecule has 2 aromatic carbocycles. The van der Waals surface area contributed by atoms with Crippen LogP contribution < -0.4 is 11.0 Å². The van der Waals surface area contributed by atoms with E-state index in [0.29, 0.717) is 27.2 Å². The van der Waals surface area contributed by atoms with Crippen LogP contribution in [0.25, 0.3) is 22.0 Å². The molecule has 0 atom stereocenters. The monoisotopic (exact) mass is 390 g/mol. The number of benzene rings is 2. The molecule has 1 amide bonds. The average molecular weight is 391 g/mol. The van der Waals surface area contributed by atoms with Gasteiger partial charge in [0, 0.05) is 27.9 Å². The van der Waals surface area contributed by atoms with Crippen molar-refractivity contribution < 1.29 is 4.79 Å². The summed E-state index contributed by atoms with van der Waals surface area (Å²) in [7, 11) is 0. The van der Waals surface area contributed by atoms with Gasteiger partial charge >= 0.3 is 0 Å². The second kappa shape index (κ2) is 7.62. The molecule has 0 aliphatic carbocycles. The molecule has 0 fully saturated rings. The lowest BCUT2D eigenvalue weighted by Crippen LogP contribution is -2.36. The van der Waals surface area contributed by atoms with Gasteiger partial charge in [0.15, 0.2) is 0 Å². The quantitative estimate of drug-likeness (QED) is 0.579. The molecule has 4 rings (SSSR count). The Kier molecular flexibility index (Phi) is 4.87. The predicted octanol–water partition coefficient (Wildman–Crippen LogP) is 3.42. The summed E-state index contributed by atoms with van der Waals surface area (Å²) < 4.78 is 0. The molecule has 138 valence electrons. The molecule has 7 heteroatoms. The molecule has 0 saturated carbocycles. The van der Waals surface area contributed by atoms with Crippen LogP contribution >= 0.6 is 11.6 Å². The maximum absolute atomic E-state index is 12.8. The zero-order valence-electron chi connectivity index (χ0n) is 14.7. The van der Waals surface area contributed by atoms with E-state index in [4.69, 9.17) is 11.6 Å². The van der Waals surface area contributed by atoms with Crippen LogP contribution in [0.1, 0.15) is 5.69 Å². The number of amides is 1. The molecule has 0 radical (unpaired) electrons. The van der Waals surface area contributed by atoms with Gasteiger partial charge in [0.25, 0.3) is 5.56 Å². The Morgan fingerprint density at radius 3 is 2.39 bits per heavy atom. The lowest BCUT2D eigenvalue weighted by molar-refractivity contribution is -0.116. The zero-order chi connectivity index (χ0) is 19.5. The Labute approximate surface area is 165 Å². The van der Waals surface area contributed by atoms with Gasteiger partial charge in [-0.05, 0) is 30.3 Å². The third-order valence-electron chi connectivity index (χ3n) is 4.22. The van der Waals surface area contributed by atoms with Gasteiger partial charge in [-0.2, -0.15) is 0 Å². The summed E-state index contributed by atoms with van der Waals surface area (Å²) in [6.45, 7) is 0. The molecule has 0 aliphatic rings. The number of hydrogen-bond acceptors (Lipinski definition) is 4. The fraction of sp³-hybridized carbons (Fsp3) is 0.0476. The molecule has 0 spiro atoms. The van der Waals surface area contributed by atoms with Crippen molar-refractivity contribution in [2.24, 2.45) is 0 Å². The Bertz CT molecular complexity index is 1200. The van der Waals surface area contributed by atoms with Gasteiger partial charge in [-0.1, -0.05) is 48.0 Å². The molecule has 28 heavy (non-hydrogen) atoms. The van der Waals surface area contributed by atoms with Gasteiger partial charge in [0.1, 0.15) is 5.69 Å². The van der Waals surface area contributed by atoms with Gasteiger partial charge in [-0.3, -0.25) is 14.6 Å². The van der Waals surface area contributed by atoms with Gasteiger partial charge in [0.05, 0.1) is 11.8 Å². The van der Waals surface area contributed by atoms with Crippen LogP contribution in [0, 0.1) is 0 Å². The predicted molar refractivity (Wildman–Crippen MR) is 109 cm³/mol. The zero-order valence-corrected chi connectivity index (χ0v) is 15.4. The molecular formula is C21H15ClN4O2. The number of pyridine rings is 1. The Balaban J connectivity index is 1.76. The van der Waals surface area contributed by atoms with Gasteiger partial charge in [0.2, 0.25) is 5.91 Å². The number of nitrogens with one attached hydrogen (secondary N) is 1. The van der Waals surface area contributed by atoms with E-state index in [2.05, 4.69) is 15.5 Å². The summed E-state index contributed by atoms with van der Waals surface area (Å²) in [5.41, 5.74) is 4.12. The molecule has 6 nitrogen and oxygen atoms in total. The van der Waals surface area contributed by atoms with Crippen molar-refractivity contribution in [3.63, 3.8) is 0 Å². The second-order valence-electron chi connectivity index (χ2n) is 6.15. The normalized spacial score (nSPS) is 10.8. The number of hydrogen-bond donors (Lipinski definition) is 1. The van der Waals surface area contributed by atoms with E-state index >= 15 is 0 Å². The third kappa shape index (κ3) is 3.63. The lowest BCUT2D eigenvalue weighted by Gasteiger charge is -2.12. The molecule has 4 aromatic rings. The first-order valence-corrected chi connectivity index (χ1v) is 8.97. The van der Waals surface area contributed by atoms with Crippen LogP contribution in [0.3, 0.4) is 0 Å². The van der Waals surface area contributed by atoms with E-state index in [1.54, 1.807) is 48.7 Å². The van der Waals surface area contributed by atoms with Crippen LogP contribution in [0.15, 0.2) is 77.7 Å². The number of carbonyl (C=O) groups excluding carboxylic acids is 1. The topological polar surface area (TPSA) is 76.9 Å². The first-order chi connectivity index (χ1) is 13.6. The summed E-state index contributed by atoms with van der Waals surface area (Å²) in [4.78, 5) is 30.3. The fourth-order valence-corrected chi connectivity index (χ4v) is 3.04. The highest BCUT2D eigenvalue weighted by Gasteiger charge is 2.14. The van der Waals surface area contributed by atoms with Gasteiger partial charge in [-0.15, -0.1) is 9.89 Å². The van der Waals surface area contributed by atoms with Crippen LogP contribution in [0.4, 0.5) is 0 Å². The minimum Gasteiger partial charge on any atom is -0.273 e. The number of halogens is 1. The summed E-state index contributed by atoms with van der Waals surface area (Å²) in [6, 6.07) is 19.6. The average Bonchev–Trinajstić information content (AvgIpc) is 2.72. The molecule has 0 saturated heterocycles. The molecule has 2 aromatic heterocycles. The Hall–Kier alpha value is -3.51. The molecule has 0 unspecified atom stereocenters. The third-order valence-corrected chi connectivity index (χ3v) is 4.47. The SMILES string of the molecule is O=C(Cc1ccccn1)Nn1nc(-c2ccc(Cl)cc2)c2ccccc2c1=O. The number of nitrogens with zero attached hydrogens (tertiary/aromatic N) is 3. The van der Waals surface area contributed by atoms with Crippen molar-refractivity contribution in [1.29, 1.82) is 0 Å². The van der Waals surface area contributed by atoms with Crippen LogP contribution in [0.5, 0.6) is 0 Å². The van der Waals surface area contributed by atoms with Crippen molar-refractivity contribution >= 4 is 28.3 Å². The molecule has 0 aliphatic heterocycles. The first kappa shape index (κ1) is 17.9. The highest BCUT2D eigenvalue weighted by molar-refractivity contribution is 6.30. The molecule has 2 heterocycles.